The molecule has 7 N–H and O–H groups in total. The zero-order valence-corrected chi connectivity index (χ0v) is 14.9. The van der Waals surface area contributed by atoms with Crippen LogP contribution in [0.4, 0.5) is 4.79 Å². The summed E-state index contributed by atoms with van der Waals surface area (Å²) >= 11 is 0. The molecule has 9 heteroatoms. The maximum Gasteiger partial charge on any atom is 0.407 e. The van der Waals surface area contributed by atoms with Gasteiger partial charge in [-0.05, 0) is 29.7 Å². The highest BCUT2D eigenvalue weighted by Gasteiger charge is 2.20. The van der Waals surface area contributed by atoms with E-state index in [9.17, 15) is 19.2 Å². The Bertz CT molecular complexity index is 877. The molecule has 0 aliphatic heterocycles. The third-order valence-electron chi connectivity index (χ3n) is 3.92. The molecule has 146 valence electrons. The number of carbonyl (C=O) groups is 4. The first-order valence-electron chi connectivity index (χ1n) is 8.30. The Morgan fingerprint density at radius 3 is 1.93 bits per heavy atom. The fourth-order valence-electron chi connectivity index (χ4n) is 2.59. The number of carbonyl (C=O) groups excluding carboxylic acids is 4. The van der Waals surface area contributed by atoms with Gasteiger partial charge in [-0.1, -0.05) is 30.3 Å². The van der Waals surface area contributed by atoms with Crippen LogP contribution in [0, 0.1) is 0 Å². The molecule has 4 amide bonds. The average molecular weight is 384 g/mol. The number of alkyl carbamates (subject to hydrolysis) is 1. The largest absolute Gasteiger partial charge is 0.445 e. The topological polar surface area (TPSA) is 168 Å². The van der Waals surface area contributed by atoms with Crippen LogP contribution in [0.5, 0.6) is 0 Å². The van der Waals surface area contributed by atoms with Crippen LogP contribution >= 0.6 is 0 Å². The van der Waals surface area contributed by atoms with Gasteiger partial charge in [-0.15, -0.1) is 0 Å². The summed E-state index contributed by atoms with van der Waals surface area (Å²) in [5.41, 5.74) is 16.7. The standard InChI is InChI=1S/C19H20N4O5/c20-16(24)12-8-14(17(21)25)13(15(9-12)18(22)26)6-7-23-19(27)28-10-11-4-2-1-3-5-11/h1-5,8-9H,6-7,10H2,(H2,20,24)(H2,21,25)(H2,22,26)(H,23,27). The highest BCUT2D eigenvalue weighted by atomic mass is 16.5. The van der Waals surface area contributed by atoms with Crippen molar-refractivity contribution in [3.63, 3.8) is 0 Å². The number of hydrogen-bond donors (Lipinski definition) is 4. The van der Waals surface area contributed by atoms with E-state index < -0.39 is 23.8 Å². The molecule has 0 radical (unpaired) electrons. The highest BCUT2D eigenvalue weighted by molar-refractivity contribution is 6.05. The van der Waals surface area contributed by atoms with Crippen LogP contribution in [-0.4, -0.2) is 30.4 Å². The van der Waals surface area contributed by atoms with Crippen LogP contribution in [-0.2, 0) is 17.8 Å². The molecule has 2 aromatic carbocycles. The quantitative estimate of drug-likeness (QED) is 0.517. The Morgan fingerprint density at radius 2 is 1.43 bits per heavy atom. The molecule has 0 fully saturated rings. The van der Waals surface area contributed by atoms with Gasteiger partial charge in [-0.2, -0.15) is 0 Å². The number of hydrogen-bond acceptors (Lipinski definition) is 5. The van der Waals surface area contributed by atoms with Crippen LogP contribution in [0.3, 0.4) is 0 Å². The van der Waals surface area contributed by atoms with Crippen molar-refractivity contribution in [3.8, 4) is 0 Å². The summed E-state index contributed by atoms with van der Waals surface area (Å²) in [6.07, 6.45) is -0.602. The summed E-state index contributed by atoms with van der Waals surface area (Å²) in [6, 6.07) is 11.5. The van der Waals surface area contributed by atoms with Gasteiger partial charge in [0.05, 0.1) is 0 Å². The van der Waals surface area contributed by atoms with Gasteiger partial charge in [-0.3, -0.25) is 14.4 Å². The van der Waals surface area contributed by atoms with E-state index in [1.807, 2.05) is 30.3 Å². The van der Waals surface area contributed by atoms with Crippen molar-refractivity contribution in [3.05, 3.63) is 70.3 Å². The first-order chi connectivity index (χ1) is 13.3. The van der Waals surface area contributed by atoms with Crippen molar-refractivity contribution in [1.82, 2.24) is 5.32 Å². The number of nitrogens with one attached hydrogen (secondary N) is 1. The molecular weight excluding hydrogens is 364 g/mol. The number of rotatable bonds is 8. The minimum atomic E-state index is -0.854. The minimum absolute atomic E-state index is 0.0457. The molecule has 9 nitrogen and oxygen atoms in total. The van der Waals surface area contributed by atoms with Crippen LogP contribution in [0.1, 0.15) is 42.2 Å². The van der Waals surface area contributed by atoms with E-state index in [0.717, 1.165) is 5.56 Å². The molecule has 0 aliphatic rings. The van der Waals surface area contributed by atoms with Crippen molar-refractivity contribution in [2.75, 3.05) is 6.54 Å². The lowest BCUT2D eigenvalue weighted by molar-refractivity contribution is 0.0998. The molecule has 0 saturated heterocycles. The molecule has 0 bridgehead atoms. The summed E-state index contributed by atoms with van der Waals surface area (Å²) in [4.78, 5) is 46.7. The first-order valence-corrected chi connectivity index (χ1v) is 8.30. The maximum atomic E-state index is 11.8. The van der Waals surface area contributed by atoms with Gasteiger partial charge in [0.15, 0.2) is 0 Å². The van der Waals surface area contributed by atoms with Crippen LogP contribution in [0.15, 0.2) is 42.5 Å². The third-order valence-corrected chi connectivity index (χ3v) is 3.92. The van der Waals surface area contributed by atoms with E-state index in [1.54, 1.807) is 0 Å². The number of benzene rings is 2. The molecule has 0 aliphatic carbocycles. The van der Waals surface area contributed by atoms with E-state index >= 15 is 0 Å². The predicted octanol–water partition coefficient (Wildman–Crippen LogP) is 0.452. The second-order valence-electron chi connectivity index (χ2n) is 5.88. The molecule has 2 rings (SSSR count). The summed E-state index contributed by atoms with van der Waals surface area (Å²) in [5.74, 6) is -2.54. The van der Waals surface area contributed by atoms with E-state index in [-0.39, 0.29) is 41.8 Å². The van der Waals surface area contributed by atoms with E-state index in [2.05, 4.69) is 5.32 Å². The normalized spacial score (nSPS) is 10.1. The van der Waals surface area contributed by atoms with E-state index in [4.69, 9.17) is 21.9 Å². The lowest BCUT2D eigenvalue weighted by Gasteiger charge is -2.13. The van der Waals surface area contributed by atoms with Crippen molar-refractivity contribution in [2.45, 2.75) is 13.0 Å². The Kier molecular flexibility index (Phi) is 6.69. The Balaban J connectivity index is 2.08. The van der Waals surface area contributed by atoms with Crippen molar-refractivity contribution in [1.29, 1.82) is 0 Å². The molecule has 0 spiro atoms. The van der Waals surface area contributed by atoms with Crippen molar-refractivity contribution >= 4 is 23.8 Å². The van der Waals surface area contributed by atoms with E-state index in [0.29, 0.717) is 0 Å². The maximum absolute atomic E-state index is 11.8. The number of nitrogens with two attached hydrogens (primary N) is 3. The van der Waals surface area contributed by atoms with Crippen LogP contribution in [0.2, 0.25) is 0 Å². The highest BCUT2D eigenvalue weighted by Crippen LogP contribution is 2.18. The second kappa shape index (κ2) is 9.17. The SMILES string of the molecule is NC(=O)c1cc(C(N)=O)c(CCNC(=O)OCc2ccccc2)c(C(N)=O)c1. The number of amides is 4. The monoisotopic (exact) mass is 384 g/mol. The Labute approximate surface area is 160 Å². The molecule has 28 heavy (non-hydrogen) atoms. The van der Waals surface area contributed by atoms with Gasteiger partial charge in [0.2, 0.25) is 17.7 Å². The molecule has 0 atom stereocenters. The zero-order chi connectivity index (χ0) is 20.7. The van der Waals surface area contributed by atoms with Gasteiger partial charge >= 0.3 is 6.09 Å². The zero-order valence-electron chi connectivity index (χ0n) is 14.9. The second-order valence-corrected chi connectivity index (χ2v) is 5.88. The number of ether oxygens (including phenoxy) is 1. The Morgan fingerprint density at radius 1 is 0.857 bits per heavy atom. The lowest BCUT2D eigenvalue weighted by atomic mass is 9.94. The summed E-state index contributed by atoms with van der Waals surface area (Å²) in [7, 11) is 0. The fourth-order valence-corrected chi connectivity index (χ4v) is 2.59. The van der Waals surface area contributed by atoms with Crippen molar-refractivity contribution < 1.29 is 23.9 Å². The minimum Gasteiger partial charge on any atom is -0.445 e. The lowest BCUT2D eigenvalue weighted by Crippen LogP contribution is -2.29. The number of primary amides is 3. The molecular formula is C19H20N4O5. The third kappa shape index (κ3) is 5.31. The van der Waals surface area contributed by atoms with Gasteiger partial charge in [0.1, 0.15) is 6.61 Å². The summed E-state index contributed by atoms with van der Waals surface area (Å²) in [6.45, 7) is 0.142. The van der Waals surface area contributed by atoms with Gasteiger partial charge in [0, 0.05) is 23.2 Å². The van der Waals surface area contributed by atoms with Crippen LogP contribution < -0.4 is 22.5 Å². The van der Waals surface area contributed by atoms with Crippen LogP contribution in [0.25, 0.3) is 0 Å². The molecule has 0 heterocycles. The van der Waals surface area contributed by atoms with Gasteiger partial charge < -0.3 is 27.3 Å². The predicted molar refractivity (Wildman–Crippen MR) is 100 cm³/mol. The van der Waals surface area contributed by atoms with Gasteiger partial charge in [0.25, 0.3) is 0 Å². The van der Waals surface area contributed by atoms with Gasteiger partial charge in [-0.25, -0.2) is 4.79 Å². The molecule has 0 saturated carbocycles. The Hall–Kier alpha value is -3.88. The first kappa shape index (κ1) is 20.4. The molecule has 0 aromatic heterocycles. The van der Waals surface area contributed by atoms with E-state index in [1.165, 1.54) is 12.1 Å². The molecule has 0 unspecified atom stereocenters. The smallest absolute Gasteiger partial charge is 0.407 e. The fraction of sp³-hybridized carbons (Fsp3) is 0.158. The van der Waals surface area contributed by atoms with Crippen molar-refractivity contribution in [2.24, 2.45) is 17.2 Å². The summed E-state index contributed by atoms with van der Waals surface area (Å²) in [5, 5.41) is 2.51. The average Bonchev–Trinajstić information content (AvgIpc) is 2.66. The summed E-state index contributed by atoms with van der Waals surface area (Å²) < 4.78 is 5.08. The molecule has 2 aromatic rings.